The predicted molar refractivity (Wildman–Crippen MR) is 89.2 cm³/mol. The van der Waals surface area contributed by atoms with Gasteiger partial charge in [0, 0.05) is 29.0 Å². The fraction of sp³-hybridized carbons (Fsp3) is 0. The Balaban J connectivity index is 1.70. The van der Waals surface area contributed by atoms with Crippen LogP contribution in [-0.2, 0) is 0 Å². The number of anilines is 1. The lowest BCUT2D eigenvalue weighted by atomic mass is 10.0. The van der Waals surface area contributed by atoms with Crippen LogP contribution in [0.25, 0.3) is 33.3 Å². The summed E-state index contributed by atoms with van der Waals surface area (Å²) in [6.07, 6.45) is 5.43. The number of H-pyrrole nitrogens is 1. The molecule has 4 nitrogen and oxygen atoms in total. The van der Waals surface area contributed by atoms with Gasteiger partial charge in [-0.15, -0.1) is 0 Å². The number of benzene rings is 1. The van der Waals surface area contributed by atoms with E-state index in [1.54, 1.807) is 12.4 Å². The minimum Gasteiger partial charge on any atom is -0.384 e. The van der Waals surface area contributed by atoms with E-state index in [-0.39, 0.29) is 0 Å². The zero-order valence-corrected chi connectivity index (χ0v) is 11.8. The number of nitrogens with zero attached hydrogens (tertiary/aromatic N) is 2. The average molecular weight is 286 g/mol. The van der Waals surface area contributed by atoms with Gasteiger partial charge in [0.15, 0.2) is 0 Å². The van der Waals surface area contributed by atoms with Gasteiger partial charge in [-0.2, -0.15) is 0 Å². The van der Waals surface area contributed by atoms with Crippen molar-refractivity contribution < 1.29 is 0 Å². The summed E-state index contributed by atoms with van der Waals surface area (Å²) in [6, 6.07) is 16.3. The maximum atomic E-state index is 5.62. The molecule has 0 spiro atoms. The van der Waals surface area contributed by atoms with E-state index in [4.69, 9.17) is 5.73 Å². The number of nitrogens with two attached hydrogens (primary N) is 1. The molecule has 4 aromatic rings. The molecule has 0 amide bonds. The van der Waals surface area contributed by atoms with Crippen molar-refractivity contribution in [3.8, 4) is 22.4 Å². The number of rotatable bonds is 2. The van der Waals surface area contributed by atoms with Crippen molar-refractivity contribution in [3.05, 3.63) is 67.1 Å². The summed E-state index contributed by atoms with van der Waals surface area (Å²) in [7, 11) is 0. The van der Waals surface area contributed by atoms with E-state index in [9.17, 15) is 0 Å². The molecule has 0 aliphatic rings. The van der Waals surface area contributed by atoms with E-state index in [1.165, 1.54) is 0 Å². The fourth-order valence-corrected chi connectivity index (χ4v) is 2.55. The van der Waals surface area contributed by atoms with Gasteiger partial charge < -0.3 is 10.7 Å². The van der Waals surface area contributed by atoms with Crippen LogP contribution in [0, 0.1) is 0 Å². The summed E-state index contributed by atoms with van der Waals surface area (Å²) < 4.78 is 0. The highest BCUT2D eigenvalue weighted by atomic mass is 14.8. The molecule has 0 atom stereocenters. The molecule has 4 heteroatoms. The summed E-state index contributed by atoms with van der Waals surface area (Å²) in [5, 5.41) is 1.16. The number of hydrogen-bond donors (Lipinski definition) is 2. The van der Waals surface area contributed by atoms with Crippen LogP contribution in [0.15, 0.2) is 67.1 Å². The van der Waals surface area contributed by atoms with Crippen molar-refractivity contribution in [2.24, 2.45) is 0 Å². The van der Waals surface area contributed by atoms with E-state index >= 15 is 0 Å². The third-order valence-corrected chi connectivity index (χ3v) is 3.74. The lowest BCUT2D eigenvalue weighted by Crippen LogP contribution is -1.88. The van der Waals surface area contributed by atoms with Gasteiger partial charge in [-0.1, -0.05) is 24.3 Å². The lowest BCUT2D eigenvalue weighted by Gasteiger charge is -2.03. The fourth-order valence-electron chi connectivity index (χ4n) is 2.55. The zero-order chi connectivity index (χ0) is 14.9. The Kier molecular flexibility index (Phi) is 2.86. The zero-order valence-electron chi connectivity index (χ0n) is 11.8. The molecule has 0 saturated heterocycles. The number of hydrogen-bond acceptors (Lipinski definition) is 3. The third-order valence-electron chi connectivity index (χ3n) is 3.74. The highest BCUT2D eigenvalue weighted by Gasteiger charge is 2.04. The number of nitrogens with one attached hydrogen (secondary N) is 1. The van der Waals surface area contributed by atoms with Crippen molar-refractivity contribution in [1.29, 1.82) is 0 Å². The Hall–Kier alpha value is -3.14. The molecule has 0 bridgehead atoms. The number of fused-ring (bicyclic) bond motifs is 1. The van der Waals surface area contributed by atoms with Gasteiger partial charge in [0.1, 0.15) is 5.82 Å². The number of nitrogen functional groups attached to an aromatic ring is 1. The molecule has 0 aliphatic heterocycles. The molecule has 106 valence electrons. The van der Waals surface area contributed by atoms with Crippen molar-refractivity contribution in [1.82, 2.24) is 15.0 Å². The van der Waals surface area contributed by atoms with Crippen LogP contribution >= 0.6 is 0 Å². The van der Waals surface area contributed by atoms with Crippen LogP contribution in [0.4, 0.5) is 5.82 Å². The quantitative estimate of drug-likeness (QED) is 0.587. The molecule has 3 N–H and O–H groups in total. The number of aromatic nitrogens is 3. The van der Waals surface area contributed by atoms with Crippen molar-refractivity contribution in [2.45, 2.75) is 0 Å². The van der Waals surface area contributed by atoms with Gasteiger partial charge in [-0.25, -0.2) is 4.98 Å². The van der Waals surface area contributed by atoms with Crippen molar-refractivity contribution >= 4 is 16.7 Å². The summed E-state index contributed by atoms with van der Waals surface area (Å²) >= 11 is 0. The van der Waals surface area contributed by atoms with Gasteiger partial charge >= 0.3 is 0 Å². The first-order valence-corrected chi connectivity index (χ1v) is 7.05. The molecule has 0 radical (unpaired) electrons. The first kappa shape index (κ1) is 12.6. The Morgan fingerprint density at radius 3 is 2.32 bits per heavy atom. The van der Waals surface area contributed by atoms with Crippen LogP contribution in [0.5, 0.6) is 0 Å². The Morgan fingerprint density at radius 1 is 0.818 bits per heavy atom. The molecule has 0 fully saturated rings. The SMILES string of the molecule is Nc1ccc(-c2ccc(-c3cc4ccncc4[nH]3)cc2)cn1. The van der Waals surface area contributed by atoms with Crippen LogP contribution in [0.2, 0.25) is 0 Å². The van der Waals surface area contributed by atoms with Gasteiger partial charge in [-0.05, 0) is 35.4 Å². The highest BCUT2D eigenvalue weighted by Crippen LogP contribution is 2.26. The summed E-state index contributed by atoms with van der Waals surface area (Å²) in [5.74, 6) is 0.534. The molecular formula is C18H14N4. The van der Waals surface area contributed by atoms with Gasteiger partial charge in [0.2, 0.25) is 0 Å². The van der Waals surface area contributed by atoms with Crippen molar-refractivity contribution in [3.63, 3.8) is 0 Å². The van der Waals surface area contributed by atoms with Crippen LogP contribution < -0.4 is 5.73 Å². The average Bonchev–Trinajstić information content (AvgIpc) is 3.00. The van der Waals surface area contributed by atoms with E-state index in [0.29, 0.717) is 5.82 Å². The standard InChI is InChI=1S/C18H14N4/c19-18-6-5-15(10-21-18)12-1-3-13(4-2-12)16-9-14-7-8-20-11-17(14)22-16/h1-11,22H,(H2,19,21). The molecule has 4 rings (SSSR count). The molecule has 0 saturated carbocycles. The van der Waals surface area contributed by atoms with Gasteiger partial charge in [0.25, 0.3) is 0 Å². The topological polar surface area (TPSA) is 67.6 Å². The van der Waals surface area contributed by atoms with E-state index in [1.807, 2.05) is 24.4 Å². The Morgan fingerprint density at radius 2 is 1.59 bits per heavy atom. The normalized spacial score (nSPS) is 10.9. The summed E-state index contributed by atoms with van der Waals surface area (Å²) in [5.41, 5.74) is 11.1. The monoisotopic (exact) mass is 286 g/mol. The minimum atomic E-state index is 0.534. The molecule has 1 aromatic carbocycles. The van der Waals surface area contributed by atoms with Gasteiger partial charge in [-0.3, -0.25) is 4.98 Å². The molecule has 3 heterocycles. The lowest BCUT2D eigenvalue weighted by molar-refractivity contribution is 1.33. The molecule has 0 unspecified atom stereocenters. The third kappa shape index (κ3) is 2.20. The van der Waals surface area contributed by atoms with E-state index in [2.05, 4.69) is 45.3 Å². The van der Waals surface area contributed by atoms with E-state index < -0.39 is 0 Å². The van der Waals surface area contributed by atoms with E-state index in [0.717, 1.165) is 33.3 Å². The second-order valence-electron chi connectivity index (χ2n) is 5.20. The van der Waals surface area contributed by atoms with Crippen molar-refractivity contribution in [2.75, 3.05) is 5.73 Å². The molecular weight excluding hydrogens is 272 g/mol. The largest absolute Gasteiger partial charge is 0.384 e. The minimum absolute atomic E-state index is 0.534. The number of aromatic amines is 1. The van der Waals surface area contributed by atoms with Crippen LogP contribution in [0.1, 0.15) is 0 Å². The molecule has 22 heavy (non-hydrogen) atoms. The second-order valence-corrected chi connectivity index (χ2v) is 5.20. The Labute approximate surface area is 127 Å². The van der Waals surface area contributed by atoms with Gasteiger partial charge in [0.05, 0.1) is 11.7 Å². The summed E-state index contributed by atoms with van der Waals surface area (Å²) in [6.45, 7) is 0. The number of pyridine rings is 2. The van der Waals surface area contributed by atoms with Crippen LogP contribution in [0.3, 0.4) is 0 Å². The molecule has 0 aliphatic carbocycles. The smallest absolute Gasteiger partial charge is 0.123 e. The predicted octanol–water partition coefficient (Wildman–Crippen LogP) is 3.87. The second kappa shape index (κ2) is 5.00. The first-order valence-electron chi connectivity index (χ1n) is 7.05. The Bertz CT molecular complexity index is 888. The maximum Gasteiger partial charge on any atom is 0.123 e. The highest BCUT2D eigenvalue weighted by molar-refractivity contribution is 5.85. The molecule has 3 aromatic heterocycles. The maximum absolute atomic E-state index is 5.62. The summed E-state index contributed by atoms with van der Waals surface area (Å²) in [4.78, 5) is 11.6. The van der Waals surface area contributed by atoms with Crippen LogP contribution in [-0.4, -0.2) is 15.0 Å². The first-order chi connectivity index (χ1) is 10.8.